The second-order valence-electron chi connectivity index (χ2n) is 5.44. The smallest absolute Gasteiger partial charge is 0.305 e. The summed E-state index contributed by atoms with van der Waals surface area (Å²) in [7, 11) is -3.31. The molecule has 1 aromatic carbocycles. The van der Waals surface area contributed by atoms with Crippen molar-refractivity contribution in [2.45, 2.75) is 50.5 Å². The third-order valence-electron chi connectivity index (χ3n) is 4.08. The van der Waals surface area contributed by atoms with Crippen LogP contribution in [0.4, 0.5) is 0 Å². The first kappa shape index (κ1) is 19.2. The molecule has 128 valence electrons. The zero-order valence-corrected chi connectivity index (χ0v) is 14.4. The molecule has 0 unspecified atom stereocenters. The topological polar surface area (TPSA) is 101 Å². The van der Waals surface area contributed by atoms with Crippen LogP contribution in [0.5, 0.6) is 0 Å². The molecule has 0 fully saturated rings. The maximum absolute atomic E-state index is 12.3. The van der Waals surface area contributed by atoms with Crippen molar-refractivity contribution >= 4 is 21.7 Å². The maximum atomic E-state index is 12.3. The van der Waals surface area contributed by atoms with Crippen LogP contribution in [0.3, 0.4) is 0 Å². The SMILES string of the molecule is CCC(CC)(CC(=O)O)NC(=O)c1ccc(S(=O)(=O)CC)cc1. The van der Waals surface area contributed by atoms with Gasteiger partial charge in [-0.15, -0.1) is 0 Å². The van der Waals surface area contributed by atoms with Crippen LogP contribution in [-0.2, 0) is 14.6 Å². The van der Waals surface area contributed by atoms with Gasteiger partial charge in [0.05, 0.1) is 22.6 Å². The van der Waals surface area contributed by atoms with Crippen molar-refractivity contribution in [2.75, 3.05) is 5.75 Å². The molecule has 23 heavy (non-hydrogen) atoms. The molecule has 0 aliphatic heterocycles. The van der Waals surface area contributed by atoms with Gasteiger partial charge in [0.2, 0.25) is 0 Å². The second-order valence-corrected chi connectivity index (χ2v) is 7.72. The lowest BCUT2D eigenvalue weighted by Crippen LogP contribution is -2.49. The Balaban J connectivity index is 2.99. The van der Waals surface area contributed by atoms with Crippen molar-refractivity contribution in [1.82, 2.24) is 5.32 Å². The molecule has 0 saturated carbocycles. The van der Waals surface area contributed by atoms with Gasteiger partial charge in [-0.05, 0) is 37.1 Å². The van der Waals surface area contributed by atoms with Gasteiger partial charge in [0.25, 0.3) is 5.91 Å². The van der Waals surface area contributed by atoms with Gasteiger partial charge in [0, 0.05) is 5.56 Å². The molecule has 0 aromatic heterocycles. The van der Waals surface area contributed by atoms with Crippen LogP contribution in [0, 0.1) is 0 Å². The van der Waals surface area contributed by atoms with Gasteiger partial charge in [-0.2, -0.15) is 0 Å². The largest absolute Gasteiger partial charge is 0.481 e. The van der Waals surface area contributed by atoms with Gasteiger partial charge in [0.1, 0.15) is 0 Å². The number of hydrogen-bond acceptors (Lipinski definition) is 4. The van der Waals surface area contributed by atoms with E-state index in [4.69, 9.17) is 5.11 Å². The predicted molar refractivity (Wildman–Crippen MR) is 87.2 cm³/mol. The van der Waals surface area contributed by atoms with E-state index in [1.54, 1.807) is 6.92 Å². The van der Waals surface area contributed by atoms with Crippen molar-refractivity contribution in [2.24, 2.45) is 0 Å². The number of benzene rings is 1. The Bertz CT molecular complexity index is 660. The first-order valence-corrected chi connectivity index (χ1v) is 9.22. The second kappa shape index (κ2) is 7.59. The maximum Gasteiger partial charge on any atom is 0.305 e. The van der Waals surface area contributed by atoms with Crippen LogP contribution in [-0.4, -0.2) is 36.7 Å². The number of carbonyl (C=O) groups is 2. The highest BCUT2D eigenvalue weighted by Gasteiger charge is 2.31. The van der Waals surface area contributed by atoms with E-state index < -0.39 is 27.3 Å². The highest BCUT2D eigenvalue weighted by molar-refractivity contribution is 7.91. The Labute approximate surface area is 136 Å². The molecule has 0 aliphatic carbocycles. The fourth-order valence-corrected chi connectivity index (χ4v) is 3.19. The summed E-state index contributed by atoms with van der Waals surface area (Å²) < 4.78 is 23.5. The van der Waals surface area contributed by atoms with Gasteiger partial charge < -0.3 is 10.4 Å². The molecule has 0 heterocycles. The third kappa shape index (κ3) is 4.79. The van der Waals surface area contributed by atoms with Gasteiger partial charge in [0.15, 0.2) is 9.84 Å². The van der Waals surface area contributed by atoms with E-state index in [9.17, 15) is 18.0 Å². The molecule has 0 saturated heterocycles. The van der Waals surface area contributed by atoms with Crippen molar-refractivity contribution in [3.63, 3.8) is 0 Å². The lowest BCUT2D eigenvalue weighted by atomic mass is 9.88. The first-order valence-electron chi connectivity index (χ1n) is 7.56. The zero-order valence-electron chi connectivity index (χ0n) is 13.6. The van der Waals surface area contributed by atoms with Crippen molar-refractivity contribution < 1.29 is 23.1 Å². The van der Waals surface area contributed by atoms with Gasteiger partial charge in [-0.1, -0.05) is 20.8 Å². The molecule has 0 bridgehead atoms. The summed E-state index contributed by atoms with van der Waals surface area (Å²) in [6, 6.07) is 5.67. The van der Waals surface area contributed by atoms with Crippen LogP contribution < -0.4 is 5.32 Å². The number of carboxylic acids is 1. The quantitative estimate of drug-likeness (QED) is 0.755. The number of amides is 1. The number of nitrogens with one attached hydrogen (secondary N) is 1. The molecule has 1 aromatic rings. The first-order chi connectivity index (χ1) is 10.7. The fourth-order valence-electron chi connectivity index (χ4n) is 2.30. The molecule has 0 radical (unpaired) electrons. The van der Waals surface area contributed by atoms with Crippen molar-refractivity contribution in [3.8, 4) is 0 Å². The fraction of sp³-hybridized carbons (Fsp3) is 0.500. The van der Waals surface area contributed by atoms with Gasteiger partial charge >= 0.3 is 5.97 Å². The van der Waals surface area contributed by atoms with Crippen LogP contribution in [0.1, 0.15) is 50.4 Å². The monoisotopic (exact) mass is 341 g/mol. The molecule has 0 aliphatic rings. The van der Waals surface area contributed by atoms with E-state index >= 15 is 0 Å². The molecular weight excluding hydrogens is 318 g/mol. The van der Waals surface area contributed by atoms with E-state index in [1.807, 2.05) is 13.8 Å². The van der Waals surface area contributed by atoms with E-state index in [0.29, 0.717) is 18.4 Å². The average Bonchev–Trinajstić information content (AvgIpc) is 2.53. The summed E-state index contributed by atoms with van der Waals surface area (Å²) in [5.41, 5.74) is -0.506. The summed E-state index contributed by atoms with van der Waals surface area (Å²) in [4.78, 5) is 23.5. The summed E-state index contributed by atoms with van der Waals surface area (Å²) in [6.07, 6.45) is 0.821. The Hall–Kier alpha value is -1.89. The summed E-state index contributed by atoms with van der Waals surface area (Å²) in [5, 5.41) is 11.8. The summed E-state index contributed by atoms with van der Waals surface area (Å²) in [5.74, 6) is -1.39. The number of hydrogen-bond donors (Lipinski definition) is 2. The van der Waals surface area contributed by atoms with E-state index in [-0.39, 0.29) is 17.1 Å². The summed E-state index contributed by atoms with van der Waals surface area (Å²) in [6.45, 7) is 5.20. The number of carboxylic acid groups (broad SMARTS) is 1. The van der Waals surface area contributed by atoms with Crippen LogP contribution in [0.2, 0.25) is 0 Å². The highest BCUT2D eigenvalue weighted by Crippen LogP contribution is 2.21. The van der Waals surface area contributed by atoms with Crippen LogP contribution in [0.15, 0.2) is 29.2 Å². The minimum atomic E-state index is -3.31. The van der Waals surface area contributed by atoms with E-state index in [1.165, 1.54) is 24.3 Å². The minimum absolute atomic E-state index is 0.00800. The molecule has 0 spiro atoms. The predicted octanol–water partition coefficient (Wildman–Crippen LogP) is 2.24. The lowest BCUT2D eigenvalue weighted by Gasteiger charge is -2.31. The summed E-state index contributed by atoms with van der Waals surface area (Å²) >= 11 is 0. The highest BCUT2D eigenvalue weighted by atomic mass is 32.2. The molecule has 2 N–H and O–H groups in total. The van der Waals surface area contributed by atoms with Gasteiger partial charge in [-0.25, -0.2) is 8.42 Å². The number of rotatable bonds is 8. The molecule has 6 nitrogen and oxygen atoms in total. The number of sulfone groups is 1. The Kier molecular flexibility index (Phi) is 6.32. The molecule has 1 rings (SSSR count). The normalized spacial score (nSPS) is 12.0. The third-order valence-corrected chi connectivity index (χ3v) is 5.83. The van der Waals surface area contributed by atoms with Crippen molar-refractivity contribution in [1.29, 1.82) is 0 Å². The molecule has 0 atom stereocenters. The lowest BCUT2D eigenvalue weighted by molar-refractivity contribution is -0.138. The average molecular weight is 341 g/mol. The van der Waals surface area contributed by atoms with Crippen LogP contribution >= 0.6 is 0 Å². The molecule has 7 heteroatoms. The van der Waals surface area contributed by atoms with Gasteiger partial charge in [-0.3, -0.25) is 9.59 Å². The van der Waals surface area contributed by atoms with Crippen LogP contribution in [0.25, 0.3) is 0 Å². The van der Waals surface area contributed by atoms with E-state index in [0.717, 1.165) is 0 Å². The van der Waals surface area contributed by atoms with Crippen molar-refractivity contribution in [3.05, 3.63) is 29.8 Å². The number of aliphatic carboxylic acids is 1. The Morgan fingerprint density at radius 3 is 2.00 bits per heavy atom. The number of carbonyl (C=O) groups excluding carboxylic acids is 1. The van der Waals surface area contributed by atoms with E-state index in [2.05, 4.69) is 5.32 Å². The Morgan fingerprint density at radius 1 is 1.09 bits per heavy atom. The Morgan fingerprint density at radius 2 is 1.61 bits per heavy atom. The molecular formula is C16H23NO5S. The zero-order chi connectivity index (χ0) is 17.7. The minimum Gasteiger partial charge on any atom is -0.481 e. The molecule has 1 amide bonds. The standard InChI is InChI=1S/C16H23NO5S/c1-4-16(5-2,11-14(18)19)17-15(20)12-7-9-13(10-8-12)23(21,22)6-3/h7-10H,4-6,11H2,1-3H3,(H,17,20)(H,18,19).